The maximum atomic E-state index is 13.0. The molecule has 0 aliphatic carbocycles. The average molecular weight is 313 g/mol. The molecule has 1 unspecified atom stereocenters. The van der Waals surface area contributed by atoms with Crippen molar-refractivity contribution >= 4 is 5.91 Å². The van der Waals surface area contributed by atoms with Gasteiger partial charge in [0.25, 0.3) is 0 Å². The van der Waals surface area contributed by atoms with Crippen LogP contribution in [0.5, 0.6) is 0 Å². The lowest BCUT2D eigenvalue weighted by molar-refractivity contribution is -0.138. The van der Waals surface area contributed by atoms with Crippen molar-refractivity contribution in [2.24, 2.45) is 0 Å². The third-order valence-corrected chi connectivity index (χ3v) is 4.26. The molecule has 4 heteroatoms. The number of halogens is 1. The fourth-order valence-corrected chi connectivity index (χ4v) is 2.84. The Hall–Kier alpha value is -2.20. The van der Waals surface area contributed by atoms with E-state index >= 15 is 0 Å². The van der Waals surface area contributed by atoms with Crippen LogP contribution in [-0.4, -0.2) is 30.5 Å². The maximum absolute atomic E-state index is 13.0. The van der Waals surface area contributed by atoms with Crippen LogP contribution in [0, 0.1) is 12.7 Å². The molecule has 120 valence electrons. The molecule has 0 radical (unpaired) electrons. The predicted molar refractivity (Wildman–Crippen MR) is 86.6 cm³/mol. The largest absolute Gasteiger partial charge is 0.370 e. The summed E-state index contributed by atoms with van der Waals surface area (Å²) in [7, 11) is 0. The Morgan fingerprint density at radius 3 is 2.70 bits per heavy atom. The van der Waals surface area contributed by atoms with Crippen molar-refractivity contribution in [3.63, 3.8) is 0 Å². The molecular formula is C19H20FNO2. The third kappa shape index (κ3) is 3.77. The molecule has 2 aromatic rings. The van der Waals surface area contributed by atoms with Gasteiger partial charge in [0, 0.05) is 6.54 Å². The molecule has 1 aliphatic rings. The van der Waals surface area contributed by atoms with Gasteiger partial charge in [-0.2, -0.15) is 0 Å². The normalized spacial score (nSPS) is 18.0. The van der Waals surface area contributed by atoms with E-state index in [2.05, 4.69) is 0 Å². The first-order valence-electron chi connectivity index (χ1n) is 7.83. The Balaban J connectivity index is 1.67. The van der Waals surface area contributed by atoms with Gasteiger partial charge in [-0.05, 0) is 35.7 Å². The molecule has 1 fully saturated rings. The number of aryl methyl sites for hydroxylation is 1. The second kappa shape index (κ2) is 6.92. The topological polar surface area (TPSA) is 29.5 Å². The molecule has 1 aliphatic heterocycles. The highest BCUT2D eigenvalue weighted by Crippen LogP contribution is 2.23. The molecule has 2 aromatic carbocycles. The number of carbonyl (C=O) groups is 1. The summed E-state index contributed by atoms with van der Waals surface area (Å²) in [4.78, 5) is 14.4. The van der Waals surface area contributed by atoms with Crippen LogP contribution in [0.2, 0.25) is 0 Å². The first-order chi connectivity index (χ1) is 11.1. The van der Waals surface area contributed by atoms with Gasteiger partial charge in [-0.1, -0.05) is 36.4 Å². The van der Waals surface area contributed by atoms with Gasteiger partial charge in [-0.15, -0.1) is 0 Å². The number of nitrogens with zero attached hydrogens (tertiary/aromatic N) is 1. The van der Waals surface area contributed by atoms with Crippen LogP contribution in [0.4, 0.5) is 4.39 Å². The van der Waals surface area contributed by atoms with E-state index in [0.717, 1.165) is 16.7 Å². The van der Waals surface area contributed by atoms with Gasteiger partial charge in [0.2, 0.25) is 5.91 Å². The highest BCUT2D eigenvalue weighted by molar-refractivity contribution is 5.79. The van der Waals surface area contributed by atoms with Crippen LogP contribution in [0.3, 0.4) is 0 Å². The van der Waals surface area contributed by atoms with Crippen molar-refractivity contribution in [1.82, 2.24) is 4.90 Å². The Kier molecular flexibility index (Phi) is 4.72. The Labute approximate surface area is 135 Å². The van der Waals surface area contributed by atoms with Gasteiger partial charge in [0.05, 0.1) is 19.6 Å². The van der Waals surface area contributed by atoms with Crippen molar-refractivity contribution in [2.75, 3.05) is 19.7 Å². The molecule has 0 spiro atoms. The smallest absolute Gasteiger partial charge is 0.227 e. The Morgan fingerprint density at radius 1 is 1.22 bits per heavy atom. The first kappa shape index (κ1) is 15.7. The number of benzene rings is 2. The minimum Gasteiger partial charge on any atom is -0.370 e. The molecule has 0 saturated carbocycles. The van der Waals surface area contributed by atoms with Crippen molar-refractivity contribution in [1.29, 1.82) is 0 Å². The van der Waals surface area contributed by atoms with Gasteiger partial charge in [-0.3, -0.25) is 4.79 Å². The number of amides is 1. The van der Waals surface area contributed by atoms with Crippen LogP contribution in [0.1, 0.15) is 22.8 Å². The number of rotatable bonds is 3. The zero-order chi connectivity index (χ0) is 16.2. The molecular weight excluding hydrogens is 293 g/mol. The van der Waals surface area contributed by atoms with Gasteiger partial charge in [-0.25, -0.2) is 4.39 Å². The number of carbonyl (C=O) groups excluding carboxylic acids is 1. The number of hydrogen-bond acceptors (Lipinski definition) is 2. The van der Waals surface area contributed by atoms with Crippen LogP contribution in [0.15, 0.2) is 48.5 Å². The summed E-state index contributed by atoms with van der Waals surface area (Å²) in [5, 5.41) is 0. The zero-order valence-corrected chi connectivity index (χ0v) is 13.2. The number of morpholine rings is 1. The SMILES string of the molecule is Cc1ccccc1CC(=O)N1CCOC(c2ccc(F)cc2)C1. The summed E-state index contributed by atoms with van der Waals surface area (Å²) >= 11 is 0. The van der Waals surface area contributed by atoms with E-state index in [1.165, 1.54) is 12.1 Å². The summed E-state index contributed by atoms with van der Waals surface area (Å²) in [6.07, 6.45) is 0.216. The van der Waals surface area contributed by atoms with Crippen molar-refractivity contribution in [2.45, 2.75) is 19.4 Å². The van der Waals surface area contributed by atoms with E-state index in [4.69, 9.17) is 4.74 Å². The molecule has 0 bridgehead atoms. The van der Waals surface area contributed by atoms with E-state index in [-0.39, 0.29) is 17.8 Å². The summed E-state index contributed by atoms with van der Waals surface area (Å²) in [5.74, 6) is -0.160. The Bertz CT molecular complexity index is 684. The monoisotopic (exact) mass is 313 g/mol. The second-order valence-electron chi connectivity index (χ2n) is 5.85. The van der Waals surface area contributed by atoms with Gasteiger partial charge in [0.15, 0.2) is 0 Å². The van der Waals surface area contributed by atoms with E-state index in [1.54, 1.807) is 12.1 Å². The van der Waals surface area contributed by atoms with Gasteiger partial charge >= 0.3 is 0 Å². The molecule has 1 saturated heterocycles. The van der Waals surface area contributed by atoms with Crippen molar-refractivity contribution < 1.29 is 13.9 Å². The summed E-state index contributed by atoms with van der Waals surface area (Å²) < 4.78 is 18.8. The Morgan fingerprint density at radius 2 is 1.96 bits per heavy atom. The van der Waals surface area contributed by atoms with E-state index < -0.39 is 0 Å². The zero-order valence-electron chi connectivity index (χ0n) is 13.2. The summed E-state index contributed by atoms with van der Waals surface area (Å²) in [5.41, 5.74) is 3.09. The maximum Gasteiger partial charge on any atom is 0.227 e. The predicted octanol–water partition coefficient (Wildman–Crippen LogP) is 3.28. The lowest BCUT2D eigenvalue weighted by atomic mass is 10.0. The van der Waals surface area contributed by atoms with E-state index in [1.807, 2.05) is 36.1 Å². The van der Waals surface area contributed by atoms with E-state index in [0.29, 0.717) is 26.1 Å². The first-order valence-corrected chi connectivity index (χ1v) is 7.83. The number of hydrogen-bond donors (Lipinski definition) is 0. The minimum absolute atomic E-state index is 0.106. The van der Waals surface area contributed by atoms with Gasteiger partial charge in [0.1, 0.15) is 11.9 Å². The molecule has 1 amide bonds. The highest BCUT2D eigenvalue weighted by Gasteiger charge is 2.25. The third-order valence-electron chi connectivity index (χ3n) is 4.26. The quantitative estimate of drug-likeness (QED) is 0.870. The molecule has 0 aromatic heterocycles. The minimum atomic E-state index is -0.267. The van der Waals surface area contributed by atoms with Crippen LogP contribution >= 0.6 is 0 Å². The van der Waals surface area contributed by atoms with E-state index in [9.17, 15) is 9.18 Å². The fourth-order valence-electron chi connectivity index (χ4n) is 2.84. The molecule has 1 heterocycles. The summed E-state index contributed by atoms with van der Waals surface area (Å²) in [6, 6.07) is 14.2. The van der Waals surface area contributed by atoms with Crippen LogP contribution in [-0.2, 0) is 16.0 Å². The van der Waals surface area contributed by atoms with Crippen molar-refractivity contribution in [3.8, 4) is 0 Å². The lowest BCUT2D eigenvalue weighted by Gasteiger charge is -2.33. The molecule has 1 atom stereocenters. The molecule has 23 heavy (non-hydrogen) atoms. The molecule has 3 nitrogen and oxygen atoms in total. The summed E-state index contributed by atoms with van der Waals surface area (Å²) in [6.45, 7) is 3.63. The fraction of sp³-hybridized carbons (Fsp3) is 0.316. The standard InChI is InChI=1S/C19H20FNO2/c1-14-4-2-3-5-16(14)12-19(22)21-10-11-23-18(13-21)15-6-8-17(20)9-7-15/h2-9,18H,10-13H2,1H3. The van der Waals surface area contributed by atoms with Gasteiger partial charge < -0.3 is 9.64 Å². The average Bonchev–Trinajstić information content (AvgIpc) is 2.58. The number of ether oxygens (including phenoxy) is 1. The van der Waals surface area contributed by atoms with Crippen molar-refractivity contribution in [3.05, 3.63) is 71.0 Å². The lowest BCUT2D eigenvalue weighted by Crippen LogP contribution is -2.43. The highest BCUT2D eigenvalue weighted by atomic mass is 19.1. The molecule has 3 rings (SSSR count). The molecule has 0 N–H and O–H groups in total. The van der Waals surface area contributed by atoms with Crippen LogP contribution in [0.25, 0.3) is 0 Å². The second-order valence-corrected chi connectivity index (χ2v) is 5.85. The van der Waals surface area contributed by atoms with Crippen LogP contribution < -0.4 is 0 Å².